The van der Waals surface area contributed by atoms with Gasteiger partial charge in [0, 0.05) is 24.5 Å². The van der Waals surface area contributed by atoms with E-state index >= 15 is 0 Å². The third-order valence-corrected chi connectivity index (χ3v) is 2.35. The lowest BCUT2D eigenvalue weighted by molar-refractivity contribution is 0.0945. The van der Waals surface area contributed by atoms with Gasteiger partial charge >= 0.3 is 0 Å². The summed E-state index contributed by atoms with van der Waals surface area (Å²) in [5.41, 5.74) is -0.110. The second-order valence-corrected chi connectivity index (χ2v) is 3.61. The monoisotopic (exact) mass is 267 g/mol. The summed E-state index contributed by atoms with van der Waals surface area (Å²) in [6.07, 6.45) is 3.95. The van der Waals surface area contributed by atoms with Gasteiger partial charge in [-0.2, -0.15) is 0 Å². The summed E-state index contributed by atoms with van der Waals surface area (Å²) in [5, 5.41) is 2.33. The fourth-order valence-corrected chi connectivity index (χ4v) is 1.38. The number of aromatic nitrogens is 2. The van der Waals surface area contributed by atoms with Gasteiger partial charge in [-0.3, -0.25) is 9.78 Å². The number of halogens is 3. The Morgan fingerprint density at radius 1 is 1.16 bits per heavy atom. The second kappa shape index (κ2) is 5.47. The van der Waals surface area contributed by atoms with E-state index in [2.05, 4.69) is 15.3 Å². The van der Waals surface area contributed by atoms with Crippen LogP contribution in [0.5, 0.6) is 0 Å². The van der Waals surface area contributed by atoms with E-state index in [1.54, 1.807) is 0 Å². The van der Waals surface area contributed by atoms with E-state index < -0.39 is 23.4 Å². The van der Waals surface area contributed by atoms with Crippen molar-refractivity contribution in [3.05, 3.63) is 59.4 Å². The fraction of sp³-hybridized carbons (Fsp3) is 0.0833. The molecule has 1 heterocycles. The molecule has 7 heteroatoms. The van der Waals surface area contributed by atoms with Gasteiger partial charge in [0.15, 0.2) is 17.5 Å². The van der Waals surface area contributed by atoms with E-state index in [0.717, 1.165) is 12.1 Å². The Morgan fingerprint density at radius 3 is 2.63 bits per heavy atom. The smallest absolute Gasteiger partial charge is 0.271 e. The zero-order valence-electron chi connectivity index (χ0n) is 9.53. The first-order chi connectivity index (χ1) is 9.09. The maximum atomic E-state index is 13.3. The summed E-state index contributed by atoms with van der Waals surface area (Å²) < 4.78 is 39.0. The third-order valence-electron chi connectivity index (χ3n) is 2.35. The average Bonchev–Trinajstić information content (AvgIpc) is 2.45. The molecule has 1 aromatic heterocycles. The molecule has 0 aliphatic heterocycles. The molecular formula is C12H8F3N3O. The Hall–Kier alpha value is -2.44. The minimum atomic E-state index is -1.56. The number of nitrogens with one attached hydrogen (secondary N) is 1. The number of nitrogens with zero attached hydrogens (tertiary/aromatic N) is 2. The number of hydrogen-bond acceptors (Lipinski definition) is 3. The van der Waals surface area contributed by atoms with Crippen molar-refractivity contribution in [1.82, 2.24) is 15.3 Å². The lowest BCUT2D eigenvalue weighted by Gasteiger charge is -2.06. The van der Waals surface area contributed by atoms with Crippen molar-refractivity contribution >= 4 is 5.91 Å². The van der Waals surface area contributed by atoms with E-state index in [1.165, 1.54) is 18.6 Å². The molecule has 0 saturated carbocycles. The number of rotatable bonds is 3. The van der Waals surface area contributed by atoms with Gasteiger partial charge in [-0.1, -0.05) is 6.07 Å². The Balaban J connectivity index is 2.08. The normalized spacial score (nSPS) is 10.3. The largest absolute Gasteiger partial charge is 0.346 e. The van der Waals surface area contributed by atoms with E-state index in [0.29, 0.717) is 0 Å². The molecule has 0 fully saturated rings. The van der Waals surface area contributed by atoms with Crippen LogP contribution >= 0.6 is 0 Å². The predicted octanol–water partition coefficient (Wildman–Crippen LogP) is 1.82. The Morgan fingerprint density at radius 2 is 1.95 bits per heavy atom. The zero-order chi connectivity index (χ0) is 13.8. The van der Waals surface area contributed by atoms with Crippen molar-refractivity contribution in [2.45, 2.75) is 6.54 Å². The lowest BCUT2D eigenvalue weighted by Crippen LogP contribution is -2.24. The van der Waals surface area contributed by atoms with Crippen LogP contribution in [0.3, 0.4) is 0 Å². The van der Waals surface area contributed by atoms with E-state index in [4.69, 9.17) is 0 Å². The number of carbonyl (C=O) groups is 1. The molecule has 19 heavy (non-hydrogen) atoms. The highest BCUT2D eigenvalue weighted by atomic mass is 19.2. The van der Waals surface area contributed by atoms with Crippen molar-refractivity contribution in [2.75, 3.05) is 0 Å². The van der Waals surface area contributed by atoms with Gasteiger partial charge in [-0.25, -0.2) is 18.2 Å². The molecule has 2 aromatic rings. The molecular weight excluding hydrogens is 259 g/mol. The van der Waals surface area contributed by atoms with Crippen molar-refractivity contribution in [1.29, 1.82) is 0 Å². The van der Waals surface area contributed by atoms with Crippen LogP contribution in [0.25, 0.3) is 0 Å². The predicted molar refractivity (Wildman–Crippen MR) is 59.5 cm³/mol. The molecule has 0 bridgehead atoms. The van der Waals surface area contributed by atoms with Crippen LogP contribution in [0.4, 0.5) is 13.2 Å². The minimum Gasteiger partial charge on any atom is -0.346 e. The van der Waals surface area contributed by atoms with Crippen molar-refractivity contribution in [3.8, 4) is 0 Å². The van der Waals surface area contributed by atoms with Gasteiger partial charge in [-0.05, 0) is 6.07 Å². The Labute approximate surface area is 106 Å². The SMILES string of the molecule is O=C(NCc1ccc(F)c(F)c1F)c1cnccn1. The molecule has 1 aromatic carbocycles. The molecule has 1 amide bonds. The number of amides is 1. The first kappa shape index (κ1) is 13.0. The van der Waals surface area contributed by atoms with Crippen LogP contribution in [0.1, 0.15) is 16.1 Å². The minimum absolute atomic E-state index is 0.0468. The van der Waals surface area contributed by atoms with Gasteiger partial charge in [0.2, 0.25) is 0 Å². The number of carbonyl (C=O) groups excluding carboxylic acids is 1. The molecule has 0 radical (unpaired) electrons. The van der Waals surface area contributed by atoms with E-state index in [-0.39, 0.29) is 17.8 Å². The summed E-state index contributed by atoms with van der Waals surface area (Å²) in [7, 11) is 0. The van der Waals surface area contributed by atoms with Crippen molar-refractivity contribution < 1.29 is 18.0 Å². The van der Waals surface area contributed by atoms with Gasteiger partial charge in [0.1, 0.15) is 5.69 Å². The topological polar surface area (TPSA) is 54.9 Å². The number of hydrogen-bond donors (Lipinski definition) is 1. The van der Waals surface area contributed by atoms with Gasteiger partial charge < -0.3 is 5.32 Å². The summed E-state index contributed by atoms with van der Waals surface area (Å²) >= 11 is 0. The Bertz CT molecular complexity index is 605. The molecule has 1 N–H and O–H groups in total. The summed E-state index contributed by atoms with van der Waals surface area (Å²) in [6.45, 7) is -0.279. The molecule has 4 nitrogen and oxygen atoms in total. The maximum Gasteiger partial charge on any atom is 0.271 e. The lowest BCUT2D eigenvalue weighted by atomic mass is 10.2. The fourth-order valence-electron chi connectivity index (χ4n) is 1.38. The molecule has 0 spiro atoms. The second-order valence-electron chi connectivity index (χ2n) is 3.61. The van der Waals surface area contributed by atoms with Gasteiger partial charge in [-0.15, -0.1) is 0 Å². The van der Waals surface area contributed by atoms with Crippen LogP contribution in [0, 0.1) is 17.5 Å². The summed E-state index contributed by atoms with van der Waals surface area (Å²) in [4.78, 5) is 19.0. The van der Waals surface area contributed by atoms with Crippen LogP contribution < -0.4 is 5.32 Å². The highest BCUT2D eigenvalue weighted by Gasteiger charge is 2.14. The van der Waals surface area contributed by atoms with Crippen LogP contribution in [-0.2, 0) is 6.54 Å². The molecule has 98 valence electrons. The van der Waals surface area contributed by atoms with Crippen LogP contribution in [-0.4, -0.2) is 15.9 Å². The average molecular weight is 267 g/mol. The molecule has 2 rings (SSSR count). The third kappa shape index (κ3) is 2.87. The first-order valence-corrected chi connectivity index (χ1v) is 5.26. The number of benzene rings is 1. The summed E-state index contributed by atoms with van der Waals surface area (Å²) in [5.74, 6) is -4.75. The van der Waals surface area contributed by atoms with E-state index in [1.807, 2.05) is 0 Å². The molecule has 0 aliphatic rings. The van der Waals surface area contributed by atoms with Gasteiger partial charge in [0.25, 0.3) is 5.91 Å². The van der Waals surface area contributed by atoms with Crippen molar-refractivity contribution in [3.63, 3.8) is 0 Å². The first-order valence-electron chi connectivity index (χ1n) is 5.26. The summed E-state index contributed by atoms with van der Waals surface area (Å²) in [6, 6.07) is 1.85. The quantitative estimate of drug-likeness (QED) is 0.863. The standard InChI is InChI=1S/C12H8F3N3O/c13-8-2-1-7(10(14)11(8)15)5-18-12(19)9-6-16-3-4-17-9/h1-4,6H,5H2,(H,18,19). The molecule has 0 aliphatic carbocycles. The van der Waals surface area contributed by atoms with Crippen molar-refractivity contribution in [2.24, 2.45) is 0 Å². The molecule has 0 saturated heterocycles. The van der Waals surface area contributed by atoms with Crippen LogP contribution in [0.15, 0.2) is 30.7 Å². The van der Waals surface area contributed by atoms with Crippen LogP contribution in [0.2, 0.25) is 0 Å². The Kier molecular flexibility index (Phi) is 3.74. The van der Waals surface area contributed by atoms with E-state index in [9.17, 15) is 18.0 Å². The highest BCUT2D eigenvalue weighted by Crippen LogP contribution is 2.14. The molecule has 0 atom stereocenters. The zero-order valence-corrected chi connectivity index (χ0v) is 9.53. The van der Waals surface area contributed by atoms with Gasteiger partial charge in [0.05, 0.1) is 6.20 Å². The molecule has 0 unspecified atom stereocenters. The maximum absolute atomic E-state index is 13.3. The highest BCUT2D eigenvalue weighted by molar-refractivity contribution is 5.91.